The van der Waals surface area contributed by atoms with E-state index in [2.05, 4.69) is 35.8 Å². The average molecular weight is 282 g/mol. The number of carboxylic acid groups (broad SMARTS) is 1. The Morgan fingerprint density at radius 3 is 2.33 bits per heavy atom. The minimum Gasteiger partial charge on any atom is -0.465 e. The molecular formula is C17H18N2O2. The standard InChI is InChI=1S/C17H18N2O2/c1-2-7-18-13-3-5-15-11(9-13)8-12-10-14(19-17(20)21)4-6-16(12)15/h3-6,9-10,18-19H,2,7-8H2,1H3,(H,20,21). The van der Waals surface area contributed by atoms with E-state index in [0.29, 0.717) is 5.69 Å². The zero-order valence-corrected chi connectivity index (χ0v) is 11.9. The van der Waals surface area contributed by atoms with Gasteiger partial charge in [-0.1, -0.05) is 19.1 Å². The van der Waals surface area contributed by atoms with E-state index in [4.69, 9.17) is 5.11 Å². The van der Waals surface area contributed by atoms with Crippen molar-refractivity contribution in [1.29, 1.82) is 0 Å². The van der Waals surface area contributed by atoms with Gasteiger partial charge in [-0.15, -0.1) is 0 Å². The molecule has 0 heterocycles. The number of hydrogen-bond donors (Lipinski definition) is 3. The Hall–Kier alpha value is -2.49. The zero-order valence-electron chi connectivity index (χ0n) is 11.9. The monoisotopic (exact) mass is 282 g/mol. The molecule has 2 aromatic carbocycles. The quantitative estimate of drug-likeness (QED) is 0.673. The lowest BCUT2D eigenvalue weighted by molar-refractivity contribution is 0.210. The van der Waals surface area contributed by atoms with Gasteiger partial charge in [-0.25, -0.2) is 4.79 Å². The Balaban J connectivity index is 1.88. The largest absolute Gasteiger partial charge is 0.465 e. The molecule has 0 saturated heterocycles. The minimum absolute atomic E-state index is 0.624. The number of anilines is 2. The molecule has 0 bridgehead atoms. The van der Waals surface area contributed by atoms with Crippen LogP contribution in [0.25, 0.3) is 11.1 Å². The van der Waals surface area contributed by atoms with Crippen LogP contribution >= 0.6 is 0 Å². The van der Waals surface area contributed by atoms with Crippen molar-refractivity contribution in [3.63, 3.8) is 0 Å². The Morgan fingerprint density at radius 1 is 1.10 bits per heavy atom. The van der Waals surface area contributed by atoms with Crippen molar-refractivity contribution in [2.75, 3.05) is 17.2 Å². The lowest BCUT2D eigenvalue weighted by Gasteiger charge is -2.07. The summed E-state index contributed by atoms with van der Waals surface area (Å²) in [6, 6.07) is 12.2. The summed E-state index contributed by atoms with van der Waals surface area (Å²) in [7, 11) is 0. The van der Waals surface area contributed by atoms with Crippen LogP contribution in [0.15, 0.2) is 36.4 Å². The van der Waals surface area contributed by atoms with Gasteiger partial charge in [-0.2, -0.15) is 0 Å². The van der Waals surface area contributed by atoms with Gasteiger partial charge >= 0.3 is 6.09 Å². The number of hydrogen-bond acceptors (Lipinski definition) is 2. The molecule has 0 radical (unpaired) electrons. The molecule has 4 nitrogen and oxygen atoms in total. The predicted octanol–water partition coefficient (Wildman–Crippen LogP) is 4.17. The molecule has 0 aromatic heterocycles. The first-order valence-corrected chi connectivity index (χ1v) is 7.17. The average Bonchev–Trinajstić information content (AvgIpc) is 2.81. The maximum atomic E-state index is 10.7. The number of benzene rings is 2. The van der Waals surface area contributed by atoms with E-state index >= 15 is 0 Å². The SMILES string of the molecule is CCCNc1ccc2c(c1)Cc1cc(NC(=O)O)ccc1-2. The Kier molecular flexibility index (Phi) is 3.52. The summed E-state index contributed by atoms with van der Waals surface area (Å²) in [4.78, 5) is 10.7. The van der Waals surface area contributed by atoms with Gasteiger partial charge in [-0.3, -0.25) is 5.32 Å². The second-order valence-corrected chi connectivity index (χ2v) is 5.28. The Morgan fingerprint density at radius 2 is 1.71 bits per heavy atom. The van der Waals surface area contributed by atoms with E-state index in [1.54, 1.807) is 0 Å². The highest BCUT2D eigenvalue weighted by atomic mass is 16.4. The third-order valence-electron chi connectivity index (χ3n) is 3.71. The van der Waals surface area contributed by atoms with Gasteiger partial charge in [0, 0.05) is 17.9 Å². The smallest absolute Gasteiger partial charge is 0.409 e. The van der Waals surface area contributed by atoms with Crippen molar-refractivity contribution in [2.24, 2.45) is 0 Å². The molecule has 0 fully saturated rings. The summed E-state index contributed by atoms with van der Waals surface area (Å²) in [5.74, 6) is 0. The normalized spacial score (nSPS) is 11.7. The number of nitrogens with one attached hydrogen (secondary N) is 2. The summed E-state index contributed by atoms with van der Waals surface area (Å²) in [5.41, 5.74) is 6.67. The molecule has 4 heteroatoms. The van der Waals surface area contributed by atoms with E-state index in [1.807, 2.05) is 18.2 Å². The van der Waals surface area contributed by atoms with E-state index < -0.39 is 6.09 Å². The first kappa shape index (κ1) is 13.5. The minimum atomic E-state index is -1.03. The summed E-state index contributed by atoms with van der Waals surface area (Å²) in [6.45, 7) is 3.12. The van der Waals surface area contributed by atoms with Gasteiger partial charge in [0.2, 0.25) is 0 Å². The fourth-order valence-corrected chi connectivity index (χ4v) is 2.79. The van der Waals surface area contributed by atoms with Gasteiger partial charge in [0.15, 0.2) is 0 Å². The highest BCUT2D eigenvalue weighted by Gasteiger charge is 2.19. The third-order valence-corrected chi connectivity index (χ3v) is 3.71. The van der Waals surface area contributed by atoms with Crippen LogP contribution in [-0.2, 0) is 6.42 Å². The Labute approximate surface area is 123 Å². The molecular weight excluding hydrogens is 264 g/mol. The van der Waals surface area contributed by atoms with Crippen LogP contribution < -0.4 is 10.6 Å². The van der Waals surface area contributed by atoms with Gasteiger partial charge in [0.1, 0.15) is 0 Å². The van der Waals surface area contributed by atoms with Crippen LogP contribution in [-0.4, -0.2) is 17.7 Å². The number of amides is 1. The summed E-state index contributed by atoms with van der Waals surface area (Å²) in [5, 5.41) is 14.6. The summed E-state index contributed by atoms with van der Waals surface area (Å²) >= 11 is 0. The molecule has 1 amide bonds. The van der Waals surface area contributed by atoms with Gasteiger partial charge < -0.3 is 10.4 Å². The maximum absolute atomic E-state index is 10.7. The summed E-state index contributed by atoms with van der Waals surface area (Å²) in [6.07, 6.45) is 0.916. The van der Waals surface area contributed by atoms with Crippen LogP contribution in [0.4, 0.5) is 16.2 Å². The third kappa shape index (κ3) is 2.70. The van der Waals surface area contributed by atoms with Crippen LogP contribution in [0.3, 0.4) is 0 Å². The van der Waals surface area contributed by atoms with Gasteiger partial charge in [-0.05, 0) is 59.4 Å². The lowest BCUT2D eigenvalue weighted by atomic mass is 10.1. The highest BCUT2D eigenvalue weighted by molar-refractivity contribution is 5.86. The van der Waals surface area contributed by atoms with E-state index in [-0.39, 0.29) is 0 Å². The van der Waals surface area contributed by atoms with E-state index in [1.165, 1.54) is 22.3 Å². The van der Waals surface area contributed by atoms with Crippen molar-refractivity contribution in [3.8, 4) is 11.1 Å². The Bertz CT molecular complexity index is 695. The molecule has 108 valence electrons. The predicted molar refractivity (Wildman–Crippen MR) is 85.1 cm³/mol. The molecule has 3 N–H and O–H groups in total. The number of rotatable bonds is 4. The summed E-state index contributed by atoms with van der Waals surface area (Å²) < 4.78 is 0. The molecule has 0 aliphatic heterocycles. The van der Waals surface area contributed by atoms with Crippen LogP contribution in [0.1, 0.15) is 24.5 Å². The number of fused-ring (bicyclic) bond motifs is 3. The first-order chi connectivity index (χ1) is 10.2. The van der Waals surface area contributed by atoms with E-state index in [9.17, 15) is 4.79 Å². The molecule has 1 aliphatic rings. The molecule has 0 saturated carbocycles. The van der Waals surface area contributed by atoms with Crippen LogP contribution in [0.2, 0.25) is 0 Å². The molecule has 3 rings (SSSR count). The zero-order chi connectivity index (χ0) is 14.8. The number of carbonyl (C=O) groups is 1. The second-order valence-electron chi connectivity index (χ2n) is 5.28. The van der Waals surface area contributed by atoms with Gasteiger partial charge in [0.25, 0.3) is 0 Å². The van der Waals surface area contributed by atoms with Crippen molar-refractivity contribution < 1.29 is 9.90 Å². The van der Waals surface area contributed by atoms with Crippen LogP contribution in [0.5, 0.6) is 0 Å². The van der Waals surface area contributed by atoms with Crippen molar-refractivity contribution in [1.82, 2.24) is 0 Å². The topological polar surface area (TPSA) is 61.4 Å². The molecule has 0 unspecified atom stereocenters. The molecule has 0 atom stereocenters. The fourth-order valence-electron chi connectivity index (χ4n) is 2.79. The lowest BCUT2D eigenvalue weighted by Crippen LogP contribution is -2.07. The highest BCUT2D eigenvalue weighted by Crippen LogP contribution is 2.39. The second kappa shape index (κ2) is 5.48. The van der Waals surface area contributed by atoms with Crippen molar-refractivity contribution in [2.45, 2.75) is 19.8 Å². The maximum Gasteiger partial charge on any atom is 0.409 e. The molecule has 1 aliphatic carbocycles. The first-order valence-electron chi connectivity index (χ1n) is 7.17. The van der Waals surface area contributed by atoms with Crippen LogP contribution in [0, 0.1) is 0 Å². The molecule has 0 spiro atoms. The molecule has 21 heavy (non-hydrogen) atoms. The van der Waals surface area contributed by atoms with E-state index in [0.717, 1.165) is 25.1 Å². The van der Waals surface area contributed by atoms with Crippen molar-refractivity contribution in [3.05, 3.63) is 47.5 Å². The fraction of sp³-hybridized carbons (Fsp3) is 0.235. The van der Waals surface area contributed by atoms with Crippen molar-refractivity contribution >= 4 is 17.5 Å². The van der Waals surface area contributed by atoms with Gasteiger partial charge in [0.05, 0.1) is 0 Å². The molecule has 2 aromatic rings.